The number of aryl methyl sites for hydroxylation is 1. The zero-order valence-electron chi connectivity index (χ0n) is 13.1. The van der Waals surface area contributed by atoms with Crippen molar-refractivity contribution in [2.24, 2.45) is 0 Å². The Morgan fingerprint density at radius 3 is 2.44 bits per heavy atom. The first kappa shape index (κ1) is 18.4. The molecule has 0 saturated carbocycles. The molecule has 0 atom stereocenters. The Balaban J connectivity index is 1.94. The van der Waals surface area contributed by atoms with Gasteiger partial charge in [-0.3, -0.25) is 9.59 Å². The van der Waals surface area contributed by atoms with Gasteiger partial charge in [0.05, 0.1) is 0 Å². The molecule has 0 unspecified atom stereocenters. The first-order valence-electron chi connectivity index (χ1n) is 7.20. The Bertz CT molecular complexity index is 814. The van der Waals surface area contributed by atoms with Crippen molar-refractivity contribution >= 4 is 11.6 Å². The Hall–Kier alpha value is -2.97. The molecular formula is C16H15F3N2O4. The lowest BCUT2D eigenvalue weighted by molar-refractivity contribution is -0.274. The Kier molecular flexibility index (Phi) is 5.35. The average Bonchev–Trinajstić information content (AvgIpc) is 2.46. The number of halogens is 3. The summed E-state index contributed by atoms with van der Waals surface area (Å²) in [5.74, 6) is -0.954. The fourth-order valence-corrected chi connectivity index (χ4v) is 2.18. The summed E-state index contributed by atoms with van der Waals surface area (Å²) in [7, 11) is 0. The molecule has 1 heterocycles. The van der Waals surface area contributed by atoms with Gasteiger partial charge in [-0.2, -0.15) is 0 Å². The van der Waals surface area contributed by atoms with Crippen molar-refractivity contribution in [3.63, 3.8) is 0 Å². The van der Waals surface area contributed by atoms with Crippen LogP contribution in [-0.4, -0.2) is 21.9 Å². The molecule has 0 saturated heterocycles. The zero-order chi connectivity index (χ0) is 18.6. The Morgan fingerprint density at radius 2 is 1.88 bits per heavy atom. The van der Waals surface area contributed by atoms with Crippen molar-refractivity contribution in [1.82, 2.24) is 4.57 Å². The van der Waals surface area contributed by atoms with Crippen molar-refractivity contribution < 1.29 is 27.8 Å². The van der Waals surface area contributed by atoms with E-state index in [1.165, 1.54) is 22.8 Å². The summed E-state index contributed by atoms with van der Waals surface area (Å²) in [6.07, 6.45) is -4.80. The summed E-state index contributed by atoms with van der Waals surface area (Å²) >= 11 is 0. The molecule has 0 spiro atoms. The second-order valence-electron chi connectivity index (χ2n) is 5.22. The van der Waals surface area contributed by atoms with Crippen LogP contribution in [0.4, 0.5) is 18.9 Å². The number of hydrogen-bond donors (Lipinski definition) is 2. The van der Waals surface area contributed by atoms with E-state index in [4.69, 9.17) is 0 Å². The lowest BCUT2D eigenvalue weighted by Gasteiger charge is -2.11. The van der Waals surface area contributed by atoms with Gasteiger partial charge in [0.25, 0.3) is 5.56 Å². The number of aromatic hydroxyl groups is 1. The minimum absolute atomic E-state index is 0.0215. The highest BCUT2D eigenvalue weighted by atomic mass is 19.4. The fourth-order valence-electron chi connectivity index (χ4n) is 2.18. The molecule has 9 heteroatoms. The number of nitrogens with zero attached hydrogens (tertiary/aromatic N) is 1. The smallest absolute Gasteiger partial charge is 0.508 e. The van der Waals surface area contributed by atoms with E-state index in [1.54, 1.807) is 6.92 Å². The largest absolute Gasteiger partial charge is 0.573 e. The highest BCUT2D eigenvalue weighted by molar-refractivity contribution is 5.90. The van der Waals surface area contributed by atoms with Gasteiger partial charge in [0.15, 0.2) is 0 Å². The van der Waals surface area contributed by atoms with E-state index in [0.717, 1.165) is 18.2 Å². The van der Waals surface area contributed by atoms with Crippen LogP contribution < -0.4 is 15.6 Å². The van der Waals surface area contributed by atoms with E-state index in [9.17, 15) is 27.9 Å². The lowest BCUT2D eigenvalue weighted by Crippen LogP contribution is -2.24. The van der Waals surface area contributed by atoms with E-state index in [1.807, 2.05) is 0 Å². The monoisotopic (exact) mass is 356 g/mol. The number of aromatic nitrogens is 1. The highest BCUT2D eigenvalue weighted by Crippen LogP contribution is 2.24. The quantitative estimate of drug-likeness (QED) is 0.863. The van der Waals surface area contributed by atoms with Crippen LogP contribution in [0.5, 0.6) is 11.5 Å². The van der Waals surface area contributed by atoms with Crippen molar-refractivity contribution in [1.29, 1.82) is 0 Å². The van der Waals surface area contributed by atoms with Gasteiger partial charge >= 0.3 is 6.36 Å². The molecule has 1 aromatic carbocycles. The minimum Gasteiger partial charge on any atom is -0.508 e. The first-order valence-corrected chi connectivity index (χ1v) is 7.20. The lowest BCUT2D eigenvalue weighted by atomic mass is 10.2. The van der Waals surface area contributed by atoms with Crippen LogP contribution in [0.2, 0.25) is 0 Å². The number of anilines is 1. The molecule has 0 radical (unpaired) electrons. The summed E-state index contributed by atoms with van der Waals surface area (Å²) in [5.41, 5.74) is 0.375. The molecule has 6 nitrogen and oxygen atoms in total. The van der Waals surface area contributed by atoms with Gasteiger partial charge in [0, 0.05) is 30.4 Å². The zero-order valence-corrected chi connectivity index (χ0v) is 13.1. The molecule has 2 aromatic rings. The van der Waals surface area contributed by atoms with E-state index >= 15 is 0 Å². The summed E-state index contributed by atoms with van der Waals surface area (Å²) in [4.78, 5) is 23.7. The van der Waals surface area contributed by atoms with Crippen molar-refractivity contribution in [2.75, 3.05) is 5.32 Å². The van der Waals surface area contributed by atoms with Crippen molar-refractivity contribution in [2.45, 2.75) is 26.3 Å². The minimum atomic E-state index is -4.78. The standard InChI is InChI=1S/C16H15F3N2O4/c1-10-8-12(22)9-15(24)21(10)7-6-14(23)20-11-2-4-13(5-3-11)25-16(17,18)19/h2-5,8-9,22H,6-7H2,1H3,(H,20,23). The number of rotatable bonds is 5. The number of benzene rings is 1. The van der Waals surface area contributed by atoms with Crippen molar-refractivity contribution in [3.8, 4) is 11.5 Å². The molecule has 0 bridgehead atoms. The van der Waals surface area contributed by atoms with Gasteiger partial charge in [-0.15, -0.1) is 13.2 Å². The van der Waals surface area contributed by atoms with Gasteiger partial charge < -0.3 is 19.7 Å². The molecule has 0 aliphatic heterocycles. The third kappa shape index (κ3) is 5.55. The number of alkyl halides is 3. The molecule has 2 N–H and O–H groups in total. The van der Waals surface area contributed by atoms with Crippen LogP contribution in [0, 0.1) is 6.92 Å². The normalized spacial score (nSPS) is 11.2. The molecular weight excluding hydrogens is 341 g/mol. The van der Waals surface area contributed by atoms with Crippen LogP contribution in [0.1, 0.15) is 12.1 Å². The molecule has 2 rings (SSSR count). The molecule has 134 valence electrons. The van der Waals surface area contributed by atoms with Crippen LogP contribution in [-0.2, 0) is 11.3 Å². The maximum Gasteiger partial charge on any atom is 0.573 e. The van der Waals surface area contributed by atoms with E-state index in [-0.39, 0.29) is 18.7 Å². The van der Waals surface area contributed by atoms with Crippen molar-refractivity contribution in [3.05, 3.63) is 52.4 Å². The maximum absolute atomic E-state index is 12.1. The van der Waals surface area contributed by atoms with E-state index < -0.39 is 23.6 Å². The predicted octanol–water partition coefficient (Wildman–Crippen LogP) is 2.79. The van der Waals surface area contributed by atoms with E-state index in [0.29, 0.717) is 11.4 Å². The highest BCUT2D eigenvalue weighted by Gasteiger charge is 2.30. The summed E-state index contributed by atoms with van der Waals surface area (Å²) < 4.78 is 41.3. The van der Waals surface area contributed by atoms with Gasteiger partial charge in [0.1, 0.15) is 11.5 Å². The van der Waals surface area contributed by atoms with Crippen LogP contribution in [0.3, 0.4) is 0 Å². The third-order valence-electron chi connectivity index (χ3n) is 3.25. The van der Waals surface area contributed by atoms with Crippen LogP contribution >= 0.6 is 0 Å². The second kappa shape index (κ2) is 7.29. The molecule has 0 aliphatic carbocycles. The SMILES string of the molecule is Cc1cc(O)cc(=O)n1CCC(=O)Nc1ccc(OC(F)(F)F)cc1. The predicted molar refractivity (Wildman–Crippen MR) is 83.5 cm³/mol. The Labute approximate surface area is 140 Å². The number of ether oxygens (including phenoxy) is 1. The number of pyridine rings is 1. The Morgan fingerprint density at radius 1 is 1.24 bits per heavy atom. The fraction of sp³-hybridized carbons (Fsp3) is 0.250. The van der Waals surface area contributed by atoms with Gasteiger partial charge in [0.2, 0.25) is 5.91 Å². The molecule has 1 amide bonds. The number of carbonyl (C=O) groups is 1. The summed E-state index contributed by atoms with van der Waals surface area (Å²) in [6, 6.07) is 7.16. The van der Waals surface area contributed by atoms with Gasteiger partial charge in [-0.1, -0.05) is 0 Å². The van der Waals surface area contributed by atoms with Crippen LogP contribution in [0.15, 0.2) is 41.2 Å². The number of nitrogens with one attached hydrogen (secondary N) is 1. The number of hydrogen-bond acceptors (Lipinski definition) is 4. The topological polar surface area (TPSA) is 80.6 Å². The van der Waals surface area contributed by atoms with Gasteiger partial charge in [-0.05, 0) is 37.3 Å². The number of carbonyl (C=O) groups excluding carboxylic acids is 1. The first-order chi connectivity index (χ1) is 11.6. The molecule has 0 fully saturated rings. The molecule has 0 aliphatic rings. The summed E-state index contributed by atoms with van der Waals surface area (Å²) in [6.45, 7) is 1.73. The molecule has 25 heavy (non-hydrogen) atoms. The van der Waals surface area contributed by atoms with Crippen LogP contribution in [0.25, 0.3) is 0 Å². The second-order valence-corrected chi connectivity index (χ2v) is 5.22. The molecule has 1 aromatic heterocycles. The van der Waals surface area contributed by atoms with Gasteiger partial charge in [-0.25, -0.2) is 0 Å². The third-order valence-corrected chi connectivity index (χ3v) is 3.25. The van der Waals surface area contributed by atoms with E-state index in [2.05, 4.69) is 10.1 Å². The maximum atomic E-state index is 12.1. The average molecular weight is 356 g/mol. The summed E-state index contributed by atoms with van der Waals surface area (Å²) in [5, 5.41) is 11.8. The number of amides is 1.